The van der Waals surface area contributed by atoms with E-state index in [1.54, 1.807) is 0 Å². The molecule has 0 saturated heterocycles. The predicted molar refractivity (Wildman–Crippen MR) is 92.4 cm³/mol. The van der Waals surface area contributed by atoms with Gasteiger partial charge in [-0.05, 0) is 34.6 Å². The summed E-state index contributed by atoms with van der Waals surface area (Å²) in [6.07, 6.45) is 1.15. The molecular weight excluding hydrogens is 254 g/mol. The summed E-state index contributed by atoms with van der Waals surface area (Å²) in [5.41, 5.74) is 5.35. The first-order valence-electron chi connectivity index (χ1n) is 7.96. The molecule has 2 rings (SSSR count). The molecule has 0 saturated carbocycles. The molecule has 0 aliphatic rings. The first kappa shape index (κ1) is 15.8. The minimum absolute atomic E-state index is 0.526. The molecule has 1 heteroatoms. The van der Waals surface area contributed by atoms with Gasteiger partial charge in [-0.2, -0.15) is 0 Å². The van der Waals surface area contributed by atoms with Gasteiger partial charge in [0.2, 0.25) is 0 Å². The van der Waals surface area contributed by atoms with E-state index in [2.05, 4.69) is 81.5 Å². The average molecular weight is 281 g/mol. The maximum absolute atomic E-state index is 3.45. The lowest BCUT2D eigenvalue weighted by molar-refractivity contribution is 0.589. The summed E-state index contributed by atoms with van der Waals surface area (Å²) in [5, 5.41) is 3.45. The second-order valence-corrected chi connectivity index (χ2v) is 6.53. The molecule has 0 radical (unpaired) electrons. The monoisotopic (exact) mass is 281 g/mol. The van der Waals surface area contributed by atoms with Crippen molar-refractivity contribution in [3.63, 3.8) is 0 Å². The van der Waals surface area contributed by atoms with Crippen molar-refractivity contribution < 1.29 is 0 Å². The molecule has 112 valence electrons. The predicted octanol–water partition coefficient (Wildman–Crippen LogP) is 5.05. The van der Waals surface area contributed by atoms with E-state index in [4.69, 9.17) is 0 Å². The van der Waals surface area contributed by atoms with E-state index in [1.807, 2.05) is 0 Å². The van der Waals surface area contributed by atoms with Crippen LogP contribution < -0.4 is 5.32 Å². The zero-order valence-electron chi connectivity index (χ0n) is 13.7. The van der Waals surface area contributed by atoms with Crippen molar-refractivity contribution in [2.75, 3.05) is 0 Å². The van der Waals surface area contributed by atoms with Gasteiger partial charge in [-0.15, -0.1) is 0 Å². The molecule has 0 aliphatic heterocycles. The Morgan fingerprint density at radius 2 is 1.19 bits per heavy atom. The van der Waals surface area contributed by atoms with Crippen molar-refractivity contribution in [1.29, 1.82) is 0 Å². The minimum atomic E-state index is 0.526. The summed E-state index contributed by atoms with van der Waals surface area (Å²) in [6, 6.07) is 18.4. The normalized spacial score (nSPS) is 11.3. The molecule has 1 N–H and O–H groups in total. The molecule has 0 spiro atoms. The van der Waals surface area contributed by atoms with Gasteiger partial charge in [0.25, 0.3) is 0 Å². The fraction of sp³-hybridized carbons (Fsp3) is 0.400. The van der Waals surface area contributed by atoms with E-state index >= 15 is 0 Å². The Hall–Kier alpha value is -1.60. The van der Waals surface area contributed by atoms with Gasteiger partial charge in [-0.1, -0.05) is 76.2 Å². The van der Waals surface area contributed by atoms with Gasteiger partial charge in [0, 0.05) is 12.6 Å². The van der Waals surface area contributed by atoms with E-state index < -0.39 is 0 Å². The molecule has 0 heterocycles. The van der Waals surface area contributed by atoms with Gasteiger partial charge >= 0.3 is 0 Å². The Bertz CT molecular complexity index is 535. The average Bonchev–Trinajstić information content (AvgIpc) is 2.46. The summed E-state index contributed by atoms with van der Waals surface area (Å²) in [4.78, 5) is 0. The number of hydrogen-bond acceptors (Lipinski definition) is 1. The highest BCUT2D eigenvalue weighted by atomic mass is 14.9. The topological polar surface area (TPSA) is 12.0 Å². The fourth-order valence-electron chi connectivity index (χ4n) is 2.44. The summed E-state index contributed by atoms with van der Waals surface area (Å²) in [5.74, 6) is 0.712. The summed E-state index contributed by atoms with van der Waals surface area (Å²) in [7, 11) is 0. The molecule has 0 aliphatic carbocycles. The lowest BCUT2D eigenvalue weighted by atomic mass is 9.98. The maximum Gasteiger partial charge on any atom is 0.0207 e. The zero-order chi connectivity index (χ0) is 15.2. The molecule has 1 nitrogen and oxygen atoms in total. The standard InChI is InChI=1S/C20H27N/c1-15(2)13-17-5-9-19(10-6-17)20-11-7-18(8-12-20)14-21-16(3)4/h5-12,15-16,21H,13-14H2,1-4H3. The highest BCUT2D eigenvalue weighted by molar-refractivity contribution is 5.63. The van der Waals surface area contributed by atoms with Gasteiger partial charge in [0.15, 0.2) is 0 Å². The summed E-state index contributed by atoms with van der Waals surface area (Å²) >= 11 is 0. The molecular formula is C20H27N. The molecule has 0 atom stereocenters. The van der Waals surface area contributed by atoms with Crippen LogP contribution in [0, 0.1) is 5.92 Å². The molecule has 0 aromatic heterocycles. The Labute approximate surface area is 129 Å². The minimum Gasteiger partial charge on any atom is -0.310 e. The van der Waals surface area contributed by atoms with Crippen molar-refractivity contribution in [1.82, 2.24) is 5.32 Å². The third-order valence-corrected chi connectivity index (χ3v) is 3.60. The molecule has 2 aromatic carbocycles. The van der Waals surface area contributed by atoms with E-state index in [1.165, 1.54) is 22.3 Å². The lowest BCUT2D eigenvalue weighted by Gasteiger charge is -2.09. The Balaban J connectivity index is 2.04. The second-order valence-electron chi connectivity index (χ2n) is 6.53. The second kappa shape index (κ2) is 7.42. The lowest BCUT2D eigenvalue weighted by Crippen LogP contribution is -2.21. The quantitative estimate of drug-likeness (QED) is 0.781. The zero-order valence-corrected chi connectivity index (χ0v) is 13.7. The van der Waals surface area contributed by atoms with Crippen LogP contribution >= 0.6 is 0 Å². The first-order chi connectivity index (χ1) is 10.0. The third kappa shape index (κ3) is 5.02. The van der Waals surface area contributed by atoms with Crippen LogP contribution in [-0.2, 0) is 13.0 Å². The van der Waals surface area contributed by atoms with Gasteiger partial charge < -0.3 is 5.32 Å². The van der Waals surface area contributed by atoms with Crippen LogP contribution in [0.15, 0.2) is 48.5 Å². The number of benzene rings is 2. The SMILES string of the molecule is CC(C)Cc1ccc(-c2ccc(CNC(C)C)cc2)cc1. The van der Waals surface area contributed by atoms with Crippen molar-refractivity contribution in [3.8, 4) is 11.1 Å². The van der Waals surface area contributed by atoms with E-state index in [-0.39, 0.29) is 0 Å². The largest absolute Gasteiger partial charge is 0.310 e. The summed E-state index contributed by atoms with van der Waals surface area (Å²) in [6.45, 7) is 9.81. The Kier molecular flexibility index (Phi) is 5.58. The van der Waals surface area contributed by atoms with Crippen molar-refractivity contribution in [2.24, 2.45) is 5.92 Å². The number of rotatable bonds is 6. The number of nitrogens with one attached hydrogen (secondary N) is 1. The fourth-order valence-corrected chi connectivity index (χ4v) is 2.44. The maximum atomic E-state index is 3.45. The van der Waals surface area contributed by atoms with E-state index in [9.17, 15) is 0 Å². The van der Waals surface area contributed by atoms with Gasteiger partial charge in [-0.3, -0.25) is 0 Å². The van der Waals surface area contributed by atoms with Crippen molar-refractivity contribution in [3.05, 3.63) is 59.7 Å². The molecule has 0 unspecified atom stereocenters. The van der Waals surface area contributed by atoms with Crippen LogP contribution in [0.4, 0.5) is 0 Å². The van der Waals surface area contributed by atoms with Crippen molar-refractivity contribution in [2.45, 2.75) is 46.7 Å². The van der Waals surface area contributed by atoms with Crippen molar-refractivity contribution >= 4 is 0 Å². The number of hydrogen-bond donors (Lipinski definition) is 1. The highest BCUT2D eigenvalue weighted by Crippen LogP contribution is 2.21. The van der Waals surface area contributed by atoms with Gasteiger partial charge in [-0.25, -0.2) is 0 Å². The van der Waals surface area contributed by atoms with Gasteiger partial charge in [0.1, 0.15) is 0 Å². The molecule has 0 fully saturated rings. The Morgan fingerprint density at radius 1 is 0.714 bits per heavy atom. The van der Waals surface area contributed by atoms with Crippen LogP contribution in [0.2, 0.25) is 0 Å². The third-order valence-electron chi connectivity index (χ3n) is 3.60. The molecule has 0 amide bonds. The van der Waals surface area contributed by atoms with Crippen LogP contribution in [-0.4, -0.2) is 6.04 Å². The molecule has 2 aromatic rings. The van der Waals surface area contributed by atoms with Crippen LogP contribution in [0.5, 0.6) is 0 Å². The van der Waals surface area contributed by atoms with Crippen LogP contribution in [0.25, 0.3) is 11.1 Å². The van der Waals surface area contributed by atoms with Gasteiger partial charge in [0.05, 0.1) is 0 Å². The van der Waals surface area contributed by atoms with Crippen LogP contribution in [0.1, 0.15) is 38.8 Å². The van der Waals surface area contributed by atoms with E-state index in [0.29, 0.717) is 12.0 Å². The van der Waals surface area contributed by atoms with E-state index in [0.717, 1.165) is 13.0 Å². The van der Waals surface area contributed by atoms with Crippen LogP contribution in [0.3, 0.4) is 0 Å². The first-order valence-corrected chi connectivity index (χ1v) is 7.96. The molecule has 21 heavy (non-hydrogen) atoms. The smallest absolute Gasteiger partial charge is 0.0207 e. The highest BCUT2D eigenvalue weighted by Gasteiger charge is 2.01. The molecule has 0 bridgehead atoms. The Morgan fingerprint density at radius 3 is 1.62 bits per heavy atom. The summed E-state index contributed by atoms with van der Waals surface area (Å²) < 4.78 is 0.